The monoisotopic (exact) mass is 496 g/mol. The van der Waals surface area contributed by atoms with E-state index in [9.17, 15) is 24.3 Å². The van der Waals surface area contributed by atoms with Crippen LogP contribution in [-0.4, -0.2) is 54.2 Å². The number of aliphatic carboxylic acids is 1. The van der Waals surface area contributed by atoms with Gasteiger partial charge in [-0.1, -0.05) is 18.9 Å². The van der Waals surface area contributed by atoms with Crippen molar-refractivity contribution in [2.24, 2.45) is 0 Å². The summed E-state index contributed by atoms with van der Waals surface area (Å²) in [6, 6.07) is 12.7. The highest BCUT2D eigenvalue weighted by atomic mass is 16.5. The van der Waals surface area contributed by atoms with Crippen molar-refractivity contribution in [3.63, 3.8) is 0 Å². The lowest BCUT2D eigenvalue weighted by Crippen LogP contribution is -2.30. The maximum atomic E-state index is 12.9. The van der Waals surface area contributed by atoms with Crippen LogP contribution in [0, 0.1) is 0 Å². The number of anilines is 2. The Morgan fingerprint density at radius 2 is 1.75 bits per heavy atom. The van der Waals surface area contributed by atoms with Crippen LogP contribution < -0.4 is 15.0 Å². The minimum atomic E-state index is -0.787. The number of carboxylic acids is 1. The van der Waals surface area contributed by atoms with E-state index in [0.717, 1.165) is 19.3 Å². The SMILES string of the molecule is COC(=O)c1cccc(N2CC(O)=C(C(=O)Nc3ccc(OCCCCCCC(=O)O)cc3)C2=O)c1. The number of nitrogens with zero attached hydrogens (tertiary/aromatic N) is 1. The van der Waals surface area contributed by atoms with Crippen LogP contribution in [0.1, 0.15) is 42.5 Å². The molecule has 10 nitrogen and oxygen atoms in total. The van der Waals surface area contributed by atoms with E-state index in [0.29, 0.717) is 30.2 Å². The van der Waals surface area contributed by atoms with Gasteiger partial charge in [-0.3, -0.25) is 14.4 Å². The molecule has 0 fully saturated rings. The summed E-state index contributed by atoms with van der Waals surface area (Å²) in [5.74, 6) is -2.56. The third-order valence-electron chi connectivity index (χ3n) is 5.53. The third kappa shape index (κ3) is 6.84. The molecule has 3 N–H and O–H groups in total. The van der Waals surface area contributed by atoms with E-state index in [1.165, 1.54) is 24.1 Å². The lowest BCUT2D eigenvalue weighted by molar-refractivity contribution is -0.137. The molecule has 0 unspecified atom stereocenters. The van der Waals surface area contributed by atoms with Gasteiger partial charge in [0.1, 0.15) is 17.1 Å². The van der Waals surface area contributed by atoms with Gasteiger partial charge >= 0.3 is 11.9 Å². The highest BCUT2D eigenvalue weighted by Crippen LogP contribution is 2.27. The highest BCUT2D eigenvalue weighted by Gasteiger charge is 2.36. The van der Waals surface area contributed by atoms with Crippen molar-refractivity contribution in [1.29, 1.82) is 0 Å². The Bertz CT molecular complexity index is 1160. The van der Waals surface area contributed by atoms with Crippen molar-refractivity contribution in [3.8, 4) is 5.75 Å². The summed E-state index contributed by atoms with van der Waals surface area (Å²) in [4.78, 5) is 49.1. The molecule has 2 aromatic rings. The van der Waals surface area contributed by atoms with Crippen LogP contribution in [0.4, 0.5) is 11.4 Å². The number of nitrogens with one attached hydrogen (secondary N) is 1. The molecule has 0 radical (unpaired) electrons. The minimum absolute atomic E-state index is 0.176. The Kier molecular flexibility index (Phi) is 9.04. The zero-order valence-corrected chi connectivity index (χ0v) is 19.9. The predicted octanol–water partition coefficient (Wildman–Crippen LogP) is 3.68. The molecule has 2 aromatic carbocycles. The fourth-order valence-corrected chi connectivity index (χ4v) is 3.66. The lowest BCUT2D eigenvalue weighted by Gasteiger charge is -2.17. The fourth-order valence-electron chi connectivity index (χ4n) is 3.66. The molecule has 3 rings (SSSR count). The van der Waals surface area contributed by atoms with Crippen molar-refractivity contribution < 1.29 is 38.9 Å². The molecule has 2 amide bonds. The topological polar surface area (TPSA) is 142 Å². The van der Waals surface area contributed by atoms with Gasteiger partial charge < -0.3 is 29.9 Å². The number of aliphatic hydroxyl groups is 1. The van der Waals surface area contributed by atoms with E-state index in [1.807, 2.05) is 0 Å². The third-order valence-corrected chi connectivity index (χ3v) is 5.53. The number of ether oxygens (including phenoxy) is 2. The van der Waals surface area contributed by atoms with Crippen molar-refractivity contribution in [2.75, 3.05) is 30.5 Å². The smallest absolute Gasteiger partial charge is 0.337 e. The standard InChI is InChI=1S/C26H28N2O8/c1-35-26(34)17-7-6-8-19(15-17)28-16-21(29)23(25(28)33)24(32)27-18-10-12-20(13-11-18)36-14-5-3-2-4-9-22(30)31/h6-8,10-13,15,29H,2-5,9,14,16H2,1H3,(H,27,32)(H,30,31). The van der Waals surface area contributed by atoms with Crippen LogP contribution in [0.15, 0.2) is 59.9 Å². The summed E-state index contributed by atoms with van der Waals surface area (Å²) in [7, 11) is 1.25. The van der Waals surface area contributed by atoms with Gasteiger partial charge in [0.15, 0.2) is 0 Å². The van der Waals surface area contributed by atoms with Crippen molar-refractivity contribution in [1.82, 2.24) is 0 Å². The first-order valence-electron chi connectivity index (χ1n) is 11.5. The van der Waals surface area contributed by atoms with Gasteiger partial charge in [0, 0.05) is 17.8 Å². The van der Waals surface area contributed by atoms with E-state index in [-0.39, 0.29) is 29.9 Å². The molecule has 0 atom stereocenters. The van der Waals surface area contributed by atoms with E-state index in [2.05, 4.69) is 5.32 Å². The highest BCUT2D eigenvalue weighted by molar-refractivity contribution is 6.29. The van der Waals surface area contributed by atoms with E-state index in [1.54, 1.807) is 36.4 Å². The zero-order chi connectivity index (χ0) is 26.1. The minimum Gasteiger partial charge on any atom is -0.509 e. The van der Waals surface area contributed by atoms with Gasteiger partial charge in [-0.25, -0.2) is 4.79 Å². The van der Waals surface area contributed by atoms with Crippen LogP contribution in [0.3, 0.4) is 0 Å². The van der Waals surface area contributed by atoms with Gasteiger partial charge in [0.05, 0.1) is 25.8 Å². The summed E-state index contributed by atoms with van der Waals surface area (Å²) in [5, 5.41) is 21.5. The number of unbranched alkanes of at least 4 members (excludes halogenated alkanes) is 3. The van der Waals surface area contributed by atoms with E-state index >= 15 is 0 Å². The number of esters is 1. The van der Waals surface area contributed by atoms with Crippen LogP contribution in [0.5, 0.6) is 5.75 Å². The first-order chi connectivity index (χ1) is 17.3. The largest absolute Gasteiger partial charge is 0.509 e. The molecule has 0 aromatic heterocycles. The summed E-state index contributed by atoms with van der Waals surface area (Å²) < 4.78 is 10.3. The molecule has 36 heavy (non-hydrogen) atoms. The van der Waals surface area contributed by atoms with E-state index < -0.39 is 23.8 Å². The molecule has 0 spiro atoms. The Hall–Kier alpha value is -4.34. The number of aliphatic hydroxyl groups excluding tert-OH is 1. The molecule has 0 saturated heterocycles. The van der Waals surface area contributed by atoms with Gasteiger partial charge in [0.2, 0.25) is 0 Å². The number of carbonyl (C=O) groups excluding carboxylic acids is 3. The van der Waals surface area contributed by atoms with Crippen LogP contribution in [0.2, 0.25) is 0 Å². The van der Waals surface area contributed by atoms with Crippen molar-refractivity contribution >= 4 is 35.1 Å². The van der Waals surface area contributed by atoms with Crippen LogP contribution in [0.25, 0.3) is 0 Å². The lowest BCUT2D eigenvalue weighted by atomic mass is 10.1. The number of methoxy groups -OCH3 is 1. The fraction of sp³-hybridized carbons (Fsp3) is 0.308. The maximum absolute atomic E-state index is 12.9. The number of hydrogen-bond acceptors (Lipinski definition) is 7. The molecule has 0 saturated carbocycles. The van der Waals surface area contributed by atoms with Crippen LogP contribution >= 0.6 is 0 Å². The Morgan fingerprint density at radius 1 is 1.03 bits per heavy atom. The second-order valence-corrected chi connectivity index (χ2v) is 8.14. The van der Waals surface area contributed by atoms with Gasteiger partial charge in [0.25, 0.3) is 11.8 Å². The van der Waals surface area contributed by atoms with Gasteiger partial charge in [-0.2, -0.15) is 0 Å². The molecular formula is C26H28N2O8. The van der Waals surface area contributed by atoms with Crippen molar-refractivity contribution in [2.45, 2.75) is 32.1 Å². The summed E-state index contributed by atoms with van der Waals surface area (Å²) in [6.07, 6.45) is 3.33. The molecule has 0 aliphatic carbocycles. The molecular weight excluding hydrogens is 468 g/mol. The Labute approximate surface area is 208 Å². The zero-order valence-electron chi connectivity index (χ0n) is 19.9. The quantitative estimate of drug-likeness (QED) is 0.229. The first kappa shape index (κ1) is 26.3. The van der Waals surface area contributed by atoms with E-state index in [4.69, 9.17) is 14.6 Å². The second-order valence-electron chi connectivity index (χ2n) is 8.14. The van der Waals surface area contributed by atoms with Gasteiger partial charge in [-0.15, -0.1) is 0 Å². The summed E-state index contributed by atoms with van der Waals surface area (Å²) in [5.41, 5.74) is 0.628. The normalized spacial score (nSPS) is 13.0. The number of amides is 2. The number of carboxylic acid groups (broad SMARTS) is 1. The average Bonchev–Trinajstić information content (AvgIpc) is 3.17. The number of carbonyl (C=O) groups is 4. The number of benzene rings is 2. The Morgan fingerprint density at radius 3 is 2.44 bits per heavy atom. The molecule has 10 heteroatoms. The first-order valence-corrected chi connectivity index (χ1v) is 11.5. The van der Waals surface area contributed by atoms with Gasteiger partial charge in [-0.05, 0) is 55.3 Å². The Balaban J connectivity index is 1.52. The maximum Gasteiger partial charge on any atom is 0.337 e. The number of rotatable bonds is 12. The molecule has 1 aliphatic heterocycles. The number of hydrogen-bond donors (Lipinski definition) is 3. The van der Waals surface area contributed by atoms with Crippen LogP contribution in [-0.2, 0) is 19.1 Å². The summed E-state index contributed by atoms with van der Waals surface area (Å²) in [6.45, 7) is 0.288. The molecule has 0 bridgehead atoms. The molecule has 1 heterocycles. The summed E-state index contributed by atoms with van der Waals surface area (Å²) >= 11 is 0. The average molecular weight is 497 g/mol. The molecule has 1 aliphatic rings. The predicted molar refractivity (Wildman–Crippen MR) is 131 cm³/mol. The van der Waals surface area contributed by atoms with Crippen molar-refractivity contribution in [3.05, 3.63) is 65.4 Å². The molecule has 190 valence electrons. The second kappa shape index (κ2) is 12.4.